The highest BCUT2D eigenvalue weighted by Gasteiger charge is 2.33. The molecule has 0 aliphatic carbocycles. The van der Waals surface area contributed by atoms with Crippen LogP contribution < -0.4 is 5.32 Å². The summed E-state index contributed by atoms with van der Waals surface area (Å²) in [5.41, 5.74) is 0. The average molecular weight is 240 g/mol. The van der Waals surface area contributed by atoms with Crippen LogP contribution in [0.5, 0.6) is 0 Å². The zero-order valence-electron chi connectivity index (χ0n) is 12.7. The largest absolute Gasteiger partial charge is 0.317 e. The lowest BCUT2D eigenvalue weighted by Gasteiger charge is -2.46. The van der Waals surface area contributed by atoms with Gasteiger partial charge < -0.3 is 5.32 Å². The SMILES string of the molecule is CCC(C)CC(C)N1CCC(NC)C(C)C1C. The van der Waals surface area contributed by atoms with Crippen LogP contribution in [0.2, 0.25) is 0 Å². The Kier molecular flexibility index (Phi) is 5.94. The van der Waals surface area contributed by atoms with Crippen molar-refractivity contribution in [1.82, 2.24) is 10.2 Å². The fourth-order valence-corrected chi connectivity index (χ4v) is 3.31. The second-order valence-electron chi connectivity index (χ2n) is 6.12. The van der Waals surface area contributed by atoms with E-state index in [1.807, 2.05) is 0 Å². The summed E-state index contributed by atoms with van der Waals surface area (Å²) >= 11 is 0. The first-order valence-electron chi connectivity index (χ1n) is 7.44. The monoisotopic (exact) mass is 240 g/mol. The first-order valence-corrected chi connectivity index (χ1v) is 7.44. The molecule has 0 aromatic carbocycles. The first kappa shape index (κ1) is 15.0. The van der Waals surface area contributed by atoms with E-state index in [2.05, 4.69) is 51.9 Å². The van der Waals surface area contributed by atoms with Crippen molar-refractivity contribution in [2.24, 2.45) is 11.8 Å². The van der Waals surface area contributed by atoms with Gasteiger partial charge in [-0.05, 0) is 45.6 Å². The molecule has 0 bridgehead atoms. The topological polar surface area (TPSA) is 15.3 Å². The summed E-state index contributed by atoms with van der Waals surface area (Å²) in [6.45, 7) is 13.2. The predicted molar refractivity (Wildman–Crippen MR) is 76.3 cm³/mol. The summed E-state index contributed by atoms with van der Waals surface area (Å²) in [5, 5.41) is 3.47. The zero-order valence-corrected chi connectivity index (χ0v) is 12.7. The molecule has 1 fully saturated rings. The molecule has 1 aliphatic heterocycles. The Balaban J connectivity index is 2.54. The Morgan fingerprint density at radius 3 is 2.47 bits per heavy atom. The maximum Gasteiger partial charge on any atom is 0.0117 e. The van der Waals surface area contributed by atoms with E-state index in [-0.39, 0.29) is 0 Å². The summed E-state index contributed by atoms with van der Waals surface area (Å²) in [5.74, 6) is 1.61. The molecule has 0 aromatic heterocycles. The van der Waals surface area contributed by atoms with Gasteiger partial charge in [-0.1, -0.05) is 27.2 Å². The third-order valence-electron chi connectivity index (χ3n) is 4.99. The second kappa shape index (κ2) is 6.75. The molecule has 5 atom stereocenters. The smallest absolute Gasteiger partial charge is 0.0117 e. The maximum absolute atomic E-state index is 3.47. The Labute approximate surface area is 108 Å². The summed E-state index contributed by atoms with van der Waals surface area (Å²) < 4.78 is 0. The number of hydrogen-bond donors (Lipinski definition) is 1. The van der Waals surface area contributed by atoms with Gasteiger partial charge in [0.1, 0.15) is 0 Å². The summed E-state index contributed by atoms with van der Waals surface area (Å²) in [4.78, 5) is 2.73. The Hall–Kier alpha value is -0.0800. The minimum absolute atomic E-state index is 0.706. The lowest BCUT2D eigenvalue weighted by molar-refractivity contribution is 0.0463. The van der Waals surface area contributed by atoms with E-state index >= 15 is 0 Å². The summed E-state index contributed by atoms with van der Waals surface area (Å²) in [6, 6.07) is 2.15. The first-order chi connectivity index (χ1) is 8.01. The van der Waals surface area contributed by atoms with Crippen molar-refractivity contribution in [3.8, 4) is 0 Å². The van der Waals surface area contributed by atoms with Crippen LogP contribution in [0.15, 0.2) is 0 Å². The van der Waals surface area contributed by atoms with E-state index in [9.17, 15) is 0 Å². The molecule has 1 aliphatic rings. The van der Waals surface area contributed by atoms with Crippen molar-refractivity contribution in [2.75, 3.05) is 13.6 Å². The third-order valence-corrected chi connectivity index (χ3v) is 4.99. The lowest BCUT2D eigenvalue weighted by atomic mass is 9.85. The van der Waals surface area contributed by atoms with Gasteiger partial charge in [0, 0.05) is 24.7 Å². The molecule has 17 heavy (non-hydrogen) atoms. The number of likely N-dealkylation sites (tertiary alicyclic amines) is 1. The van der Waals surface area contributed by atoms with Gasteiger partial charge in [0.15, 0.2) is 0 Å². The fourth-order valence-electron chi connectivity index (χ4n) is 3.31. The highest BCUT2D eigenvalue weighted by Crippen LogP contribution is 2.27. The minimum atomic E-state index is 0.706. The molecule has 0 amide bonds. The Morgan fingerprint density at radius 2 is 1.94 bits per heavy atom. The van der Waals surface area contributed by atoms with E-state index in [0.717, 1.165) is 17.9 Å². The van der Waals surface area contributed by atoms with Crippen molar-refractivity contribution in [2.45, 2.75) is 72.0 Å². The molecule has 1 rings (SSSR count). The Bertz CT molecular complexity index is 217. The molecule has 5 unspecified atom stereocenters. The van der Waals surface area contributed by atoms with Crippen LogP contribution >= 0.6 is 0 Å². The average Bonchev–Trinajstić information content (AvgIpc) is 2.32. The van der Waals surface area contributed by atoms with Gasteiger partial charge in [0.25, 0.3) is 0 Å². The van der Waals surface area contributed by atoms with Gasteiger partial charge in [-0.25, -0.2) is 0 Å². The van der Waals surface area contributed by atoms with Crippen molar-refractivity contribution < 1.29 is 0 Å². The van der Waals surface area contributed by atoms with Gasteiger partial charge in [-0.3, -0.25) is 4.90 Å². The lowest BCUT2D eigenvalue weighted by Crippen LogP contribution is -2.55. The molecule has 0 aromatic rings. The van der Waals surface area contributed by atoms with Crippen molar-refractivity contribution in [3.63, 3.8) is 0 Å². The van der Waals surface area contributed by atoms with Gasteiger partial charge in [0.05, 0.1) is 0 Å². The number of nitrogens with zero attached hydrogens (tertiary/aromatic N) is 1. The number of nitrogens with one attached hydrogen (secondary N) is 1. The Morgan fingerprint density at radius 1 is 1.29 bits per heavy atom. The van der Waals surface area contributed by atoms with E-state index in [0.29, 0.717) is 12.1 Å². The van der Waals surface area contributed by atoms with E-state index in [1.54, 1.807) is 0 Å². The fraction of sp³-hybridized carbons (Fsp3) is 1.00. The predicted octanol–water partition coefficient (Wildman–Crippen LogP) is 3.13. The van der Waals surface area contributed by atoms with Crippen LogP contribution in [0.25, 0.3) is 0 Å². The van der Waals surface area contributed by atoms with E-state index in [1.165, 1.54) is 25.8 Å². The molecule has 1 N–H and O–H groups in total. The minimum Gasteiger partial charge on any atom is -0.317 e. The zero-order chi connectivity index (χ0) is 13.0. The second-order valence-corrected chi connectivity index (χ2v) is 6.12. The molecule has 0 spiro atoms. The molecule has 2 nitrogen and oxygen atoms in total. The molecule has 1 saturated heterocycles. The number of hydrogen-bond acceptors (Lipinski definition) is 2. The molecule has 0 saturated carbocycles. The van der Waals surface area contributed by atoms with E-state index < -0.39 is 0 Å². The molecule has 102 valence electrons. The molecule has 0 radical (unpaired) electrons. The summed E-state index contributed by atoms with van der Waals surface area (Å²) in [7, 11) is 2.10. The standard InChI is InChI=1S/C15H32N2/c1-7-11(2)10-12(3)17-9-8-15(16-6)13(4)14(17)5/h11-16H,7-10H2,1-6H3. The van der Waals surface area contributed by atoms with Crippen molar-refractivity contribution in [3.05, 3.63) is 0 Å². The quantitative estimate of drug-likeness (QED) is 0.794. The van der Waals surface area contributed by atoms with Crippen LogP contribution in [-0.4, -0.2) is 36.6 Å². The highest BCUT2D eigenvalue weighted by atomic mass is 15.2. The van der Waals surface area contributed by atoms with Crippen molar-refractivity contribution in [1.29, 1.82) is 0 Å². The normalized spacial score (nSPS) is 34.6. The maximum atomic E-state index is 3.47. The van der Waals surface area contributed by atoms with Crippen LogP contribution in [-0.2, 0) is 0 Å². The van der Waals surface area contributed by atoms with Gasteiger partial charge >= 0.3 is 0 Å². The van der Waals surface area contributed by atoms with Crippen molar-refractivity contribution >= 4 is 0 Å². The van der Waals surface area contributed by atoms with Crippen LogP contribution in [0.3, 0.4) is 0 Å². The summed E-state index contributed by atoms with van der Waals surface area (Å²) in [6.07, 6.45) is 3.95. The van der Waals surface area contributed by atoms with Crippen LogP contribution in [0, 0.1) is 11.8 Å². The number of rotatable bonds is 5. The van der Waals surface area contributed by atoms with E-state index in [4.69, 9.17) is 0 Å². The molecular formula is C15H32N2. The highest BCUT2D eigenvalue weighted by molar-refractivity contribution is 4.90. The molecular weight excluding hydrogens is 208 g/mol. The molecule has 2 heteroatoms. The van der Waals surface area contributed by atoms with Gasteiger partial charge in [0.2, 0.25) is 0 Å². The van der Waals surface area contributed by atoms with Gasteiger partial charge in [-0.15, -0.1) is 0 Å². The van der Waals surface area contributed by atoms with Gasteiger partial charge in [-0.2, -0.15) is 0 Å². The molecule has 1 heterocycles. The van der Waals surface area contributed by atoms with Crippen LogP contribution in [0.1, 0.15) is 53.9 Å². The number of piperidine rings is 1. The van der Waals surface area contributed by atoms with Crippen LogP contribution in [0.4, 0.5) is 0 Å². The third kappa shape index (κ3) is 3.69.